The van der Waals surface area contributed by atoms with Gasteiger partial charge < -0.3 is 19.5 Å². The first kappa shape index (κ1) is 29.7. The van der Waals surface area contributed by atoms with Gasteiger partial charge in [0.15, 0.2) is 6.17 Å². The van der Waals surface area contributed by atoms with Crippen LogP contribution in [0, 0.1) is 0 Å². The van der Waals surface area contributed by atoms with Crippen LogP contribution in [0.5, 0.6) is 0 Å². The van der Waals surface area contributed by atoms with Crippen molar-refractivity contribution in [1.82, 2.24) is 5.32 Å². The molecule has 1 unspecified atom stereocenters. The number of furan rings is 1. The van der Waals surface area contributed by atoms with Gasteiger partial charge in [0.1, 0.15) is 22.8 Å². The Morgan fingerprint density at radius 3 is 1.96 bits per heavy atom. The second-order valence-corrected chi connectivity index (χ2v) is 12.6. The predicted molar refractivity (Wildman–Crippen MR) is 188 cm³/mol. The summed E-state index contributed by atoms with van der Waals surface area (Å²) in [6.45, 7) is 7.27. The van der Waals surface area contributed by atoms with E-state index in [9.17, 15) is 5.11 Å². The first-order valence-electron chi connectivity index (χ1n) is 15.5. The van der Waals surface area contributed by atoms with Gasteiger partial charge in [0.05, 0.1) is 11.2 Å². The van der Waals surface area contributed by atoms with Crippen molar-refractivity contribution in [1.29, 1.82) is 0 Å². The monoisotopic (exact) mass is 604 g/mol. The highest BCUT2D eigenvalue weighted by Gasteiger charge is 2.36. The van der Waals surface area contributed by atoms with E-state index in [1.165, 1.54) is 0 Å². The van der Waals surface area contributed by atoms with Crippen molar-refractivity contribution in [3.05, 3.63) is 138 Å². The molecule has 46 heavy (non-hydrogen) atoms. The summed E-state index contributed by atoms with van der Waals surface area (Å²) in [5.74, 6) is 1.55. The number of benzene rings is 5. The van der Waals surface area contributed by atoms with E-state index < -0.39 is 11.2 Å². The molecule has 1 aliphatic heterocycles. The summed E-state index contributed by atoms with van der Waals surface area (Å²) < 4.78 is 12.6. The molecule has 5 aromatic carbocycles. The number of nitrogens with zero attached hydrogens (tertiary/aromatic N) is 2. The number of fused-ring (bicyclic) bond motifs is 3. The Bertz CT molecular complexity index is 2080. The molecule has 1 aliphatic rings. The molecule has 0 fully saturated rings. The molecule has 227 valence electrons. The van der Waals surface area contributed by atoms with Crippen LogP contribution in [0.3, 0.4) is 0 Å². The summed E-state index contributed by atoms with van der Waals surface area (Å²) in [5.41, 5.74) is 5.63. The number of hydrogen-bond acceptors (Lipinski definition) is 6. The van der Waals surface area contributed by atoms with Crippen molar-refractivity contribution in [2.75, 3.05) is 0 Å². The Hall–Kier alpha value is -4.98. The molecule has 0 bridgehead atoms. The Morgan fingerprint density at radius 1 is 0.696 bits per heavy atom. The lowest BCUT2D eigenvalue weighted by molar-refractivity contribution is -0.0893. The first-order chi connectivity index (χ1) is 22.2. The molecule has 0 spiro atoms. The molecule has 0 saturated heterocycles. The standard InChI is InChI=1S/C39H35BN3O3/c1-38(2,44)39(3,4)46-40-31-24-23-29(34-33(31)30-17-11-12-18-32(30)45-34)25-19-21-28(22-20-25)37-42-35(26-13-7-5-8-14-26)41-36(43-37)27-15-9-6-10-16-27/h5-24,35,44H,1-4H3,(H,41,42,43). The van der Waals surface area contributed by atoms with E-state index in [4.69, 9.17) is 19.1 Å². The van der Waals surface area contributed by atoms with Crippen LogP contribution in [0.2, 0.25) is 0 Å². The number of aliphatic hydroxyl groups is 1. The molecular formula is C39H35BN3O3. The smallest absolute Gasteiger partial charge is 0.331 e. The van der Waals surface area contributed by atoms with Gasteiger partial charge in [0.25, 0.3) is 0 Å². The average molecular weight is 605 g/mol. The zero-order valence-corrected chi connectivity index (χ0v) is 26.4. The van der Waals surface area contributed by atoms with E-state index in [0.29, 0.717) is 0 Å². The number of rotatable bonds is 8. The molecule has 6 nitrogen and oxygen atoms in total. The van der Waals surface area contributed by atoms with Crippen LogP contribution in [0.1, 0.15) is 50.6 Å². The van der Waals surface area contributed by atoms with Gasteiger partial charge in [-0.2, -0.15) is 0 Å². The maximum Gasteiger partial charge on any atom is 0.331 e. The van der Waals surface area contributed by atoms with Crippen molar-refractivity contribution in [2.24, 2.45) is 9.98 Å². The van der Waals surface area contributed by atoms with Crippen LogP contribution in [0.25, 0.3) is 33.1 Å². The second kappa shape index (κ2) is 11.8. The molecule has 1 aromatic heterocycles. The molecule has 0 aliphatic carbocycles. The fraction of sp³-hybridized carbons (Fsp3) is 0.179. The normalized spacial score (nSPS) is 15.4. The van der Waals surface area contributed by atoms with Gasteiger partial charge in [-0.05, 0) is 50.4 Å². The SMILES string of the molecule is CC(C)(O)C(C)(C)O[B]c1ccc(-c2ccc(C3=NC(c4ccccc4)N=C(c4ccccc4)N3)cc2)c2oc3ccccc3c12. The van der Waals surface area contributed by atoms with Crippen molar-refractivity contribution >= 4 is 46.6 Å². The molecule has 1 atom stereocenters. The number of hydrogen-bond donors (Lipinski definition) is 2. The minimum atomic E-state index is -1.03. The van der Waals surface area contributed by atoms with Crippen LogP contribution in [0.15, 0.2) is 136 Å². The fourth-order valence-corrected chi connectivity index (χ4v) is 5.46. The number of para-hydroxylation sites is 1. The number of nitrogens with one attached hydrogen (secondary N) is 1. The lowest BCUT2D eigenvalue weighted by Gasteiger charge is -2.37. The van der Waals surface area contributed by atoms with Crippen LogP contribution in [-0.4, -0.2) is 35.5 Å². The van der Waals surface area contributed by atoms with Gasteiger partial charge in [-0.1, -0.05) is 115 Å². The zero-order chi connectivity index (χ0) is 31.9. The van der Waals surface area contributed by atoms with Crippen LogP contribution in [-0.2, 0) is 4.65 Å². The molecule has 0 amide bonds. The van der Waals surface area contributed by atoms with Gasteiger partial charge in [-0.3, -0.25) is 0 Å². The van der Waals surface area contributed by atoms with Gasteiger partial charge in [0, 0.05) is 27.5 Å². The van der Waals surface area contributed by atoms with E-state index in [1.807, 2.05) is 74.5 Å². The zero-order valence-electron chi connectivity index (χ0n) is 26.4. The highest BCUT2D eigenvalue weighted by atomic mass is 16.5. The highest BCUT2D eigenvalue weighted by molar-refractivity contribution is 6.53. The number of amidine groups is 2. The molecule has 2 N–H and O–H groups in total. The minimum Gasteiger partial charge on any atom is -0.455 e. The van der Waals surface area contributed by atoms with Crippen molar-refractivity contribution in [2.45, 2.75) is 45.1 Å². The molecule has 6 aromatic rings. The van der Waals surface area contributed by atoms with Gasteiger partial charge in [-0.15, -0.1) is 0 Å². The van der Waals surface area contributed by atoms with Crippen molar-refractivity contribution in [3.63, 3.8) is 0 Å². The van der Waals surface area contributed by atoms with Gasteiger partial charge >= 0.3 is 7.48 Å². The Kier molecular flexibility index (Phi) is 7.59. The average Bonchev–Trinajstić information content (AvgIpc) is 3.47. The van der Waals surface area contributed by atoms with E-state index in [0.717, 1.165) is 66.9 Å². The van der Waals surface area contributed by atoms with Gasteiger partial charge in [-0.25, -0.2) is 9.98 Å². The molecule has 7 rings (SSSR count). The summed E-state index contributed by atoms with van der Waals surface area (Å²) in [4.78, 5) is 9.96. The third-order valence-electron chi connectivity index (χ3n) is 8.87. The summed E-state index contributed by atoms with van der Waals surface area (Å²) in [5, 5.41) is 16.1. The summed E-state index contributed by atoms with van der Waals surface area (Å²) >= 11 is 0. The lowest BCUT2D eigenvalue weighted by atomic mass is 9.79. The molecule has 0 saturated carbocycles. The van der Waals surface area contributed by atoms with Crippen LogP contribution in [0.4, 0.5) is 0 Å². The maximum atomic E-state index is 10.6. The third kappa shape index (κ3) is 5.64. The van der Waals surface area contributed by atoms with Crippen LogP contribution >= 0.6 is 0 Å². The van der Waals surface area contributed by atoms with E-state index in [2.05, 4.69) is 66.0 Å². The molecule has 1 radical (unpaired) electrons. The Morgan fingerprint density at radius 2 is 1.28 bits per heavy atom. The minimum absolute atomic E-state index is 0.352. The lowest BCUT2D eigenvalue weighted by Crippen LogP contribution is -2.49. The maximum absolute atomic E-state index is 10.6. The van der Waals surface area contributed by atoms with E-state index >= 15 is 0 Å². The fourth-order valence-electron chi connectivity index (χ4n) is 5.46. The quantitative estimate of drug-likeness (QED) is 0.176. The van der Waals surface area contributed by atoms with E-state index in [1.54, 1.807) is 21.3 Å². The van der Waals surface area contributed by atoms with Crippen LogP contribution < -0.4 is 10.8 Å². The van der Waals surface area contributed by atoms with Gasteiger partial charge in [0.2, 0.25) is 0 Å². The Labute approximate surface area is 269 Å². The molecular weight excluding hydrogens is 569 g/mol. The summed E-state index contributed by atoms with van der Waals surface area (Å²) in [7, 11) is 1.73. The second-order valence-electron chi connectivity index (χ2n) is 12.6. The molecule has 7 heteroatoms. The highest BCUT2D eigenvalue weighted by Crippen LogP contribution is 2.35. The summed E-state index contributed by atoms with van der Waals surface area (Å²) in [6.07, 6.45) is -0.352. The largest absolute Gasteiger partial charge is 0.455 e. The molecule has 2 heterocycles. The predicted octanol–water partition coefficient (Wildman–Crippen LogP) is 7.56. The Balaban J connectivity index is 1.25. The third-order valence-corrected chi connectivity index (χ3v) is 8.87. The van der Waals surface area contributed by atoms with Crippen molar-refractivity contribution in [3.8, 4) is 11.1 Å². The van der Waals surface area contributed by atoms with Crippen molar-refractivity contribution < 1.29 is 14.2 Å². The topological polar surface area (TPSA) is 79.3 Å². The summed E-state index contributed by atoms with van der Waals surface area (Å²) in [6, 6.07) is 40.8. The first-order valence-corrected chi connectivity index (χ1v) is 15.5. The van der Waals surface area contributed by atoms with E-state index in [-0.39, 0.29) is 6.17 Å². The number of aliphatic imine (C=N–C) groups is 2.